The molecule has 17 heavy (non-hydrogen) atoms. The molecule has 0 radical (unpaired) electrons. The molecule has 2 unspecified atom stereocenters. The molecule has 2 amide bonds. The average molecular weight is 240 g/mol. The second-order valence-electron chi connectivity index (χ2n) is 5.55. The molecule has 0 saturated carbocycles. The van der Waals surface area contributed by atoms with E-state index < -0.39 is 6.04 Å². The van der Waals surface area contributed by atoms with Crippen LogP contribution in [0.3, 0.4) is 0 Å². The lowest BCUT2D eigenvalue weighted by atomic mass is 10.1. The molecule has 0 aromatic heterocycles. The third kappa shape index (κ3) is 2.77. The van der Waals surface area contributed by atoms with Crippen LogP contribution < -0.4 is 5.32 Å². The summed E-state index contributed by atoms with van der Waals surface area (Å²) in [5.41, 5.74) is -0.0998. The maximum absolute atomic E-state index is 11.9. The molecule has 96 valence electrons. The van der Waals surface area contributed by atoms with Crippen LogP contribution in [0.1, 0.15) is 33.6 Å². The topological polar surface area (TPSA) is 58.6 Å². The van der Waals surface area contributed by atoms with Gasteiger partial charge in [0.25, 0.3) is 0 Å². The van der Waals surface area contributed by atoms with Gasteiger partial charge in [-0.3, -0.25) is 9.59 Å². The van der Waals surface area contributed by atoms with E-state index in [4.69, 9.17) is 4.74 Å². The largest absolute Gasteiger partial charge is 0.371 e. The molecule has 0 aliphatic carbocycles. The lowest BCUT2D eigenvalue weighted by Crippen LogP contribution is -2.58. The molecule has 2 fully saturated rings. The number of rotatable bonds is 2. The molecule has 5 nitrogen and oxygen atoms in total. The van der Waals surface area contributed by atoms with Gasteiger partial charge in [-0.1, -0.05) is 0 Å². The monoisotopic (exact) mass is 240 g/mol. The number of nitrogens with one attached hydrogen (secondary N) is 1. The van der Waals surface area contributed by atoms with Crippen molar-refractivity contribution in [1.29, 1.82) is 0 Å². The molecule has 0 bridgehead atoms. The second kappa shape index (κ2) is 4.29. The summed E-state index contributed by atoms with van der Waals surface area (Å²) in [5.74, 6) is -0.104. The second-order valence-corrected chi connectivity index (χ2v) is 5.55. The zero-order valence-electron chi connectivity index (χ0n) is 10.7. The van der Waals surface area contributed by atoms with Gasteiger partial charge in [0.1, 0.15) is 6.04 Å². The maximum Gasteiger partial charge on any atom is 0.245 e. The molecule has 2 heterocycles. The number of hydrogen-bond acceptors (Lipinski definition) is 3. The first-order chi connectivity index (χ1) is 7.87. The highest BCUT2D eigenvalue weighted by atomic mass is 16.5. The third-order valence-corrected chi connectivity index (χ3v) is 3.37. The van der Waals surface area contributed by atoms with Crippen LogP contribution >= 0.6 is 0 Å². The zero-order valence-corrected chi connectivity index (χ0v) is 10.7. The third-order valence-electron chi connectivity index (χ3n) is 3.37. The normalized spacial score (nSPS) is 32.8. The van der Waals surface area contributed by atoms with E-state index in [0.29, 0.717) is 6.54 Å². The van der Waals surface area contributed by atoms with E-state index in [1.807, 2.05) is 0 Å². The van der Waals surface area contributed by atoms with Crippen molar-refractivity contribution in [3.05, 3.63) is 0 Å². The van der Waals surface area contributed by atoms with Crippen LogP contribution in [0.2, 0.25) is 0 Å². The average Bonchev–Trinajstić information content (AvgIpc) is 2.54. The van der Waals surface area contributed by atoms with Crippen molar-refractivity contribution in [3.8, 4) is 0 Å². The molecule has 2 aliphatic heterocycles. The Kier molecular flexibility index (Phi) is 3.12. The fourth-order valence-electron chi connectivity index (χ4n) is 2.48. The zero-order chi connectivity index (χ0) is 12.6. The summed E-state index contributed by atoms with van der Waals surface area (Å²) in [6.07, 6.45) is 2.01. The van der Waals surface area contributed by atoms with E-state index in [9.17, 15) is 9.59 Å². The lowest BCUT2D eigenvalue weighted by molar-refractivity contribution is -0.146. The van der Waals surface area contributed by atoms with Crippen LogP contribution in [-0.4, -0.2) is 47.6 Å². The summed E-state index contributed by atoms with van der Waals surface area (Å²) in [7, 11) is 0. The quantitative estimate of drug-likeness (QED) is 0.755. The van der Waals surface area contributed by atoms with Crippen LogP contribution in [0, 0.1) is 0 Å². The lowest BCUT2D eigenvalue weighted by Gasteiger charge is -2.32. The Morgan fingerprint density at radius 2 is 2.18 bits per heavy atom. The fraction of sp³-hybridized carbons (Fsp3) is 0.833. The predicted octanol–water partition coefficient (Wildman–Crippen LogP) is 0.291. The molecule has 0 spiro atoms. The van der Waals surface area contributed by atoms with E-state index in [0.717, 1.165) is 12.8 Å². The molecule has 2 aliphatic rings. The molecular weight excluding hydrogens is 220 g/mol. The number of ether oxygens (including phenoxy) is 1. The van der Waals surface area contributed by atoms with Crippen LogP contribution in [0.25, 0.3) is 0 Å². The number of amides is 2. The number of hydrogen-bond donors (Lipinski definition) is 1. The summed E-state index contributed by atoms with van der Waals surface area (Å²) in [6, 6.07) is -0.411. The SMILES string of the molecule is CC1NC(=O)CN(CC2CCC(C)(C)O2)C1=O. The first-order valence-electron chi connectivity index (χ1n) is 6.13. The van der Waals surface area contributed by atoms with Crippen LogP contribution in [0.4, 0.5) is 0 Å². The van der Waals surface area contributed by atoms with Crippen molar-refractivity contribution in [2.75, 3.05) is 13.1 Å². The Bertz CT molecular complexity index is 341. The van der Waals surface area contributed by atoms with Gasteiger partial charge in [-0.2, -0.15) is 0 Å². The molecular formula is C12H20N2O3. The minimum atomic E-state index is -0.411. The highest BCUT2D eigenvalue weighted by Gasteiger charge is 2.36. The Balaban J connectivity index is 1.94. The highest BCUT2D eigenvalue weighted by Crippen LogP contribution is 2.29. The Hall–Kier alpha value is -1.10. The Morgan fingerprint density at radius 1 is 1.47 bits per heavy atom. The van der Waals surface area contributed by atoms with E-state index in [1.165, 1.54) is 0 Å². The van der Waals surface area contributed by atoms with Gasteiger partial charge in [-0.25, -0.2) is 0 Å². The smallest absolute Gasteiger partial charge is 0.245 e. The van der Waals surface area contributed by atoms with E-state index >= 15 is 0 Å². The summed E-state index contributed by atoms with van der Waals surface area (Å²) >= 11 is 0. The van der Waals surface area contributed by atoms with Gasteiger partial charge in [0.15, 0.2) is 0 Å². The van der Waals surface area contributed by atoms with Gasteiger partial charge in [0.05, 0.1) is 18.2 Å². The van der Waals surface area contributed by atoms with Gasteiger partial charge >= 0.3 is 0 Å². The number of carbonyl (C=O) groups excluding carboxylic acids is 2. The first-order valence-corrected chi connectivity index (χ1v) is 6.13. The molecule has 0 aromatic carbocycles. The maximum atomic E-state index is 11.9. The van der Waals surface area contributed by atoms with Crippen molar-refractivity contribution in [3.63, 3.8) is 0 Å². The molecule has 1 N–H and O–H groups in total. The fourth-order valence-corrected chi connectivity index (χ4v) is 2.48. The molecule has 0 aromatic rings. The van der Waals surface area contributed by atoms with Gasteiger partial charge in [0.2, 0.25) is 11.8 Å². The van der Waals surface area contributed by atoms with Gasteiger partial charge in [-0.15, -0.1) is 0 Å². The van der Waals surface area contributed by atoms with Gasteiger partial charge < -0.3 is 15.0 Å². The number of carbonyl (C=O) groups is 2. The predicted molar refractivity (Wildman–Crippen MR) is 62.4 cm³/mol. The van der Waals surface area contributed by atoms with Crippen LogP contribution in [0.5, 0.6) is 0 Å². The van der Waals surface area contributed by atoms with Crippen molar-refractivity contribution < 1.29 is 14.3 Å². The van der Waals surface area contributed by atoms with Crippen LogP contribution in [0.15, 0.2) is 0 Å². The van der Waals surface area contributed by atoms with E-state index in [2.05, 4.69) is 19.2 Å². The van der Waals surface area contributed by atoms with E-state index in [-0.39, 0.29) is 30.1 Å². The van der Waals surface area contributed by atoms with Crippen molar-refractivity contribution in [2.45, 2.75) is 51.4 Å². The molecule has 2 saturated heterocycles. The van der Waals surface area contributed by atoms with Gasteiger partial charge in [0, 0.05) is 6.54 Å². The molecule has 5 heteroatoms. The first kappa shape index (κ1) is 12.4. The Labute approximate surface area is 101 Å². The number of piperazine rings is 1. The van der Waals surface area contributed by atoms with Crippen molar-refractivity contribution >= 4 is 11.8 Å². The van der Waals surface area contributed by atoms with E-state index in [1.54, 1.807) is 11.8 Å². The summed E-state index contributed by atoms with van der Waals surface area (Å²) in [6.45, 7) is 6.51. The van der Waals surface area contributed by atoms with Crippen molar-refractivity contribution in [1.82, 2.24) is 10.2 Å². The standard InChI is InChI=1S/C12H20N2O3/c1-8-11(16)14(7-10(15)13-8)6-9-4-5-12(2,3)17-9/h8-9H,4-7H2,1-3H3,(H,13,15). The highest BCUT2D eigenvalue weighted by molar-refractivity contribution is 5.94. The van der Waals surface area contributed by atoms with Crippen LogP contribution in [-0.2, 0) is 14.3 Å². The number of nitrogens with zero attached hydrogens (tertiary/aromatic N) is 1. The summed E-state index contributed by atoms with van der Waals surface area (Å²) in [4.78, 5) is 24.9. The minimum Gasteiger partial charge on any atom is -0.371 e. The molecule has 2 rings (SSSR count). The Morgan fingerprint density at radius 3 is 2.76 bits per heavy atom. The van der Waals surface area contributed by atoms with Gasteiger partial charge in [-0.05, 0) is 33.6 Å². The summed E-state index contributed by atoms with van der Waals surface area (Å²) < 4.78 is 5.84. The summed E-state index contributed by atoms with van der Waals surface area (Å²) in [5, 5.41) is 2.63. The minimum absolute atomic E-state index is 0.0158. The van der Waals surface area contributed by atoms with Crippen molar-refractivity contribution in [2.24, 2.45) is 0 Å². The molecule has 2 atom stereocenters.